The number of hydrogen-bond acceptors (Lipinski definition) is 9. The minimum atomic E-state index is -4.31. The van der Waals surface area contributed by atoms with Crippen molar-refractivity contribution in [3.8, 4) is 23.0 Å². The van der Waals surface area contributed by atoms with E-state index in [4.69, 9.17) is 18.9 Å². The molecule has 0 atom stereocenters. The van der Waals surface area contributed by atoms with Crippen LogP contribution in [0.25, 0.3) is 0 Å². The van der Waals surface area contributed by atoms with Gasteiger partial charge >= 0.3 is 0 Å². The molecule has 3 aromatic carbocycles. The quantitative estimate of drug-likeness (QED) is 0.267. The van der Waals surface area contributed by atoms with Crippen molar-refractivity contribution >= 4 is 33.5 Å². The second kappa shape index (κ2) is 12.9. The number of nitrogens with one attached hydrogen (secondary N) is 1. The van der Waals surface area contributed by atoms with Gasteiger partial charge < -0.3 is 23.8 Å². The minimum Gasteiger partial charge on any atom is -0.497 e. The molecule has 11 nitrogen and oxygen atoms in total. The van der Waals surface area contributed by atoms with Crippen molar-refractivity contribution in [2.75, 3.05) is 58.3 Å². The fourth-order valence-electron chi connectivity index (χ4n) is 3.60. The maximum absolute atomic E-state index is 13.9. The van der Waals surface area contributed by atoms with Crippen molar-refractivity contribution in [1.29, 1.82) is 0 Å². The first-order valence-electron chi connectivity index (χ1n) is 11.7. The summed E-state index contributed by atoms with van der Waals surface area (Å²) < 4.78 is 49.9. The van der Waals surface area contributed by atoms with Crippen LogP contribution in [-0.4, -0.2) is 69.6 Å². The van der Waals surface area contributed by atoms with Gasteiger partial charge in [-0.15, -0.1) is 0 Å². The number of hydrogen-bond donors (Lipinski definition) is 1. The first kappa shape index (κ1) is 29.1. The van der Waals surface area contributed by atoms with E-state index in [-0.39, 0.29) is 22.1 Å². The van der Waals surface area contributed by atoms with E-state index in [1.54, 1.807) is 12.1 Å². The highest BCUT2D eigenvalue weighted by Crippen LogP contribution is 2.37. The summed E-state index contributed by atoms with van der Waals surface area (Å²) in [5, 5.41) is 3.99. The van der Waals surface area contributed by atoms with E-state index in [9.17, 15) is 13.2 Å². The Bertz CT molecular complexity index is 1420. The first-order valence-corrected chi connectivity index (χ1v) is 13.1. The van der Waals surface area contributed by atoms with Crippen LogP contribution in [0.5, 0.6) is 23.0 Å². The fourth-order valence-corrected chi connectivity index (χ4v) is 5.04. The number of hydrazone groups is 1. The second-order valence-electron chi connectivity index (χ2n) is 8.35. The van der Waals surface area contributed by atoms with Crippen LogP contribution in [0.3, 0.4) is 0 Å². The van der Waals surface area contributed by atoms with E-state index in [2.05, 4.69) is 10.5 Å². The molecule has 0 aliphatic rings. The molecule has 12 heteroatoms. The zero-order valence-electron chi connectivity index (χ0n) is 22.7. The van der Waals surface area contributed by atoms with Crippen molar-refractivity contribution in [3.63, 3.8) is 0 Å². The van der Waals surface area contributed by atoms with Crippen LogP contribution in [0.4, 0.5) is 11.4 Å². The summed E-state index contributed by atoms with van der Waals surface area (Å²) in [6, 6.07) is 16.3. The van der Waals surface area contributed by atoms with Gasteiger partial charge in [-0.25, -0.2) is 13.8 Å². The highest BCUT2D eigenvalue weighted by atomic mass is 32.2. The Balaban J connectivity index is 1.96. The Morgan fingerprint density at radius 2 is 1.49 bits per heavy atom. The number of rotatable bonds is 12. The standard InChI is InChI=1S/C27H32N4O7S/c1-30(2)20-9-7-19(8-10-20)17-28-29-27(32)18-31(23-15-21(35-3)11-13-24(23)36-4)39(33,34)22-12-14-25(37-5)26(16-22)38-6/h7-17H,18H2,1-6H3,(H,29,32)/b28-17-. The molecule has 0 aliphatic heterocycles. The van der Waals surface area contributed by atoms with Gasteiger partial charge in [-0.1, -0.05) is 12.1 Å². The molecule has 3 aromatic rings. The molecule has 0 saturated carbocycles. The molecule has 0 radical (unpaired) electrons. The zero-order chi connectivity index (χ0) is 28.6. The molecule has 39 heavy (non-hydrogen) atoms. The number of sulfonamides is 1. The van der Waals surface area contributed by atoms with Gasteiger partial charge in [-0.2, -0.15) is 5.10 Å². The lowest BCUT2D eigenvalue weighted by Gasteiger charge is -2.26. The van der Waals surface area contributed by atoms with Crippen molar-refractivity contribution in [1.82, 2.24) is 5.43 Å². The predicted octanol–water partition coefficient (Wildman–Crippen LogP) is 3.13. The lowest BCUT2D eigenvalue weighted by Crippen LogP contribution is -2.39. The summed E-state index contributed by atoms with van der Waals surface area (Å²) in [5.74, 6) is 0.484. The number of nitrogens with zero attached hydrogens (tertiary/aromatic N) is 3. The van der Waals surface area contributed by atoms with E-state index < -0.39 is 22.5 Å². The molecule has 0 fully saturated rings. The topological polar surface area (TPSA) is 119 Å². The van der Waals surface area contributed by atoms with Gasteiger partial charge in [0.05, 0.1) is 45.2 Å². The second-order valence-corrected chi connectivity index (χ2v) is 10.2. The Labute approximate surface area is 228 Å². The summed E-state index contributed by atoms with van der Waals surface area (Å²) in [5.41, 5.74) is 4.27. The van der Waals surface area contributed by atoms with Gasteiger partial charge in [0.15, 0.2) is 11.5 Å². The summed E-state index contributed by atoms with van der Waals surface area (Å²) >= 11 is 0. The van der Waals surface area contributed by atoms with E-state index in [0.717, 1.165) is 15.6 Å². The van der Waals surface area contributed by atoms with Crippen LogP contribution >= 0.6 is 0 Å². The van der Waals surface area contributed by atoms with Crippen molar-refractivity contribution in [2.45, 2.75) is 4.90 Å². The largest absolute Gasteiger partial charge is 0.497 e. The Morgan fingerprint density at radius 3 is 2.08 bits per heavy atom. The van der Waals surface area contributed by atoms with E-state index in [1.807, 2.05) is 43.3 Å². The summed E-state index contributed by atoms with van der Waals surface area (Å²) in [6.07, 6.45) is 1.47. The van der Waals surface area contributed by atoms with Crippen molar-refractivity contribution in [3.05, 3.63) is 66.2 Å². The van der Waals surface area contributed by atoms with Gasteiger partial charge in [0.25, 0.3) is 15.9 Å². The van der Waals surface area contributed by atoms with Gasteiger partial charge in [0, 0.05) is 31.9 Å². The van der Waals surface area contributed by atoms with Gasteiger partial charge in [-0.3, -0.25) is 9.10 Å². The van der Waals surface area contributed by atoms with Crippen LogP contribution in [0, 0.1) is 0 Å². The molecule has 208 valence electrons. The van der Waals surface area contributed by atoms with Crippen LogP contribution in [0.15, 0.2) is 70.7 Å². The molecule has 0 aliphatic carbocycles. The predicted molar refractivity (Wildman–Crippen MR) is 150 cm³/mol. The fraction of sp³-hybridized carbons (Fsp3) is 0.259. The number of ether oxygens (including phenoxy) is 4. The molecule has 0 unspecified atom stereocenters. The number of anilines is 2. The van der Waals surface area contributed by atoms with Crippen molar-refractivity contribution in [2.24, 2.45) is 5.10 Å². The molecule has 0 saturated heterocycles. The highest BCUT2D eigenvalue weighted by Gasteiger charge is 2.31. The Kier molecular flexibility index (Phi) is 9.61. The SMILES string of the molecule is COc1ccc(OC)c(N(CC(=O)N/N=C\c2ccc(N(C)C)cc2)S(=O)(=O)c2ccc(OC)c(OC)c2)c1. The third-order valence-electron chi connectivity index (χ3n) is 5.70. The number of carbonyl (C=O) groups is 1. The smallest absolute Gasteiger partial charge is 0.265 e. The summed E-state index contributed by atoms with van der Waals surface area (Å²) in [7, 11) is 5.25. The average molecular weight is 557 g/mol. The molecule has 0 aromatic heterocycles. The first-order chi connectivity index (χ1) is 18.6. The molecule has 0 heterocycles. The Hall–Kier alpha value is -4.45. The summed E-state index contributed by atoms with van der Waals surface area (Å²) in [6.45, 7) is -0.600. The minimum absolute atomic E-state index is 0.102. The summed E-state index contributed by atoms with van der Waals surface area (Å²) in [4.78, 5) is 14.8. The molecule has 0 bridgehead atoms. The van der Waals surface area contributed by atoms with Gasteiger partial charge in [0.1, 0.15) is 18.0 Å². The van der Waals surface area contributed by atoms with E-state index in [0.29, 0.717) is 11.5 Å². The average Bonchev–Trinajstić information content (AvgIpc) is 2.95. The van der Waals surface area contributed by atoms with Gasteiger partial charge in [-0.05, 0) is 42.0 Å². The lowest BCUT2D eigenvalue weighted by atomic mass is 10.2. The normalized spacial score (nSPS) is 11.1. The van der Waals surface area contributed by atoms with Crippen LogP contribution < -0.4 is 33.6 Å². The monoisotopic (exact) mass is 556 g/mol. The lowest BCUT2D eigenvalue weighted by molar-refractivity contribution is -0.119. The van der Waals surface area contributed by atoms with Crippen LogP contribution in [-0.2, 0) is 14.8 Å². The Morgan fingerprint density at radius 1 is 0.846 bits per heavy atom. The number of methoxy groups -OCH3 is 4. The maximum Gasteiger partial charge on any atom is 0.265 e. The number of benzene rings is 3. The van der Waals surface area contributed by atoms with Crippen LogP contribution in [0.1, 0.15) is 5.56 Å². The third kappa shape index (κ3) is 6.90. The number of amides is 1. The van der Waals surface area contributed by atoms with E-state index >= 15 is 0 Å². The van der Waals surface area contributed by atoms with Crippen molar-refractivity contribution < 1.29 is 32.2 Å². The molecular weight excluding hydrogens is 524 g/mol. The van der Waals surface area contributed by atoms with E-state index in [1.165, 1.54) is 58.9 Å². The molecule has 3 rings (SSSR count). The van der Waals surface area contributed by atoms with Crippen LogP contribution in [0.2, 0.25) is 0 Å². The zero-order valence-corrected chi connectivity index (χ0v) is 23.5. The molecule has 1 N–H and O–H groups in total. The van der Waals surface area contributed by atoms with Gasteiger partial charge in [0.2, 0.25) is 0 Å². The highest BCUT2D eigenvalue weighted by molar-refractivity contribution is 7.92. The number of carbonyl (C=O) groups excluding carboxylic acids is 1. The molecule has 1 amide bonds. The third-order valence-corrected chi connectivity index (χ3v) is 7.45. The maximum atomic E-state index is 13.9. The molecule has 0 spiro atoms. The molecular formula is C27H32N4O7S.